The molecule has 34 heavy (non-hydrogen) atoms. The van der Waals surface area contributed by atoms with Crippen molar-refractivity contribution < 1.29 is 19.4 Å². The van der Waals surface area contributed by atoms with Crippen molar-refractivity contribution in [1.29, 1.82) is 0 Å². The molecule has 8 nitrogen and oxygen atoms in total. The van der Waals surface area contributed by atoms with Crippen LogP contribution in [0.4, 0.5) is 0 Å². The number of hydrogen-bond acceptors (Lipinski definition) is 7. The summed E-state index contributed by atoms with van der Waals surface area (Å²) in [6, 6.07) is 9.64. The predicted octanol–water partition coefficient (Wildman–Crippen LogP) is 2.72. The number of cyclic esters (lactones) is 1. The Labute approximate surface area is 197 Å². The molecule has 8 heteroatoms. The van der Waals surface area contributed by atoms with Crippen LogP contribution in [0.25, 0.3) is 22.3 Å². The van der Waals surface area contributed by atoms with Crippen LogP contribution in [0.1, 0.15) is 48.8 Å². The van der Waals surface area contributed by atoms with Crippen LogP contribution in [-0.2, 0) is 32.9 Å². The summed E-state index contributed by atoms with van der Waals surface area (Å²) in [5.41, 5.74) is 2.37. The highest BCUT2D eigenvalue weighted by atomic mass is 16.6. The van der Waals surface area contributed by atoms with Gasteiger partial charge in [-0.15, -0.1) is 0 Å². The zero-order chi connectivity index (χ0) is 24.2. The first-order valence-corrected chi connectivity index (χ1v) is 11.7. The monoisotopic (exact) mass is 463 g/mol. The van der Waals surface area contributed by atoms with E-state index in [4.69, 9.17) is 14.5 Å². The van der Waals surface area contributed by atoms with Gasteiger partial charge in [0.25, 0.3) is 5.56 Å². The number of aryl methyl sites for hydroxylation is 1. The molecule has 4 heterocycles. The van der Waals surface area contributed by atoms with Gasteiger partial charge >= 0.3 is 5.97 Å². The Morgan fingerprint density at radius 2 is 2.03 bits per heavy atom. The molecule has 1 N–H and O–H groups in total. The largest absolute Gasteiger partial charge is 0.458 e. The van der Waals surface area contributed by atoms with E-state index in [2.05, 4.69) is 6.92 Å². The van der Waals surface area contributed by atoms with E-state index in [1.165, 1.54) is 0 Å². The Bertz CT molecular complexity index is 1360. The lowest BCUT2D eigenvalue weighted by molar-refractivity contribution is -0.172. The zero-order valence-electron chi connectivity index (χ0n) is 19.9. The van der Waals surface area contributed by atoms with Gasteiger partial charge in [0.1, 0.15) is 6.61 Å². The third-order valence-corrected chi connectivity index (χ3v) is 6.92. The van der Waals surface area contributed by atoms with Crippen molar-refractivity contribution in [3.8, 4) is 11.4 Å². The summed E-state index contributed by atoms with van der Waals surface area (Å²) >= 11 is 0. The SMILES string of the molecule is CCc1c2c(nc3ccccc13)-c1cc3c(c(=O)n1C2OCCN(C)C)COC(=O)[C@]3(O)CC. The molecule has 2 aliphatic heterocycles. The lowest BCUT2D eigenvalue weighted by Gasteiger charge is -2.32. The molecule has 0 spiro atoms. The number of fused-ring (bicyclic) bond motifs is 5. The maximum atomic E-state index is 13.8. The molecule has 5 rings (SSSR count). The van der Waals surface area contributed by atoms with E-state index in [9.17, 15) is 14.7 Å². The predicted molar refractivity (Wildman–Crippen MR) is 127 cm³/mol. The molecule has 0 radical (unpaired) electrons. The minimum atomic E-state index is -1.86. The summed E-state index contributed by atoms with van der Waals surface area (Å²) in [5, 5.41) is 12.2. The van der Waals surface area contributed by atoms with Gasteiger partial charge in [-0.05, 0) is 44.6 Å². The summed E-state index contributed by atoms with van der Waals surface area (Å²) in [6.45, 7) is 4.72. The molecule has 0 amide bonds. The van der Waals surface area contributed by atoms with E-state index in [1.807, 2.05) is 43.3 Å². The van der Waals surface area contributed by atoms with Crippen LogP contribution in [-0.4, -0.2) is 52.8 Å². The number of likely N-dealkylation sites (N-methyl/N-ethyl adjacent to an activating group) is 1. The standard InChI is InChI=1S/C26H29N3O5/c1-5-15-16-9-7-8-10-19(16)27-22-20-13-18-17(14-34-25(31)26(18,32)6-2)23(30)29(20)24(21(15)22)33-12-11-28(3)4/h7-10,13,24,32H,5-6,11-12,14H2,1-4H3/t24?,26-/m0/s1. The van der Waals surface area contributed by atoms with E-state index >= 15 is 0 Å². The fourth-order valence-electron chi connectivity index (χ4n) is 5.06. The zero-order valence-corrected chi connectivity index (χ0v) is 19.9. The Kier molecular flexibility index (Phi) is 5.55. The Hall–Kier alpha value is -3.07. The van der Waals surface area contributed by atoms with Crippen LogP contribution in [0.15, 0.2) is 35.1 Å². The number of para-hydroxylation sites is 1. The number of aliphatic hydroxyl groups is 1. The molecule has 0 fully saturated rings. The van der Waals surface area contributed by atoms with Crippen LogP contribution < -0.4 is 5.56 Å². The van der Waals surface area contributed by atoms with Gasteiger partial charge in [0, 0.05) is 23.1 Å². The van der Waals surface area contributed by atoms with Gasteiger partial charge in [-0.25, -0.2) is 9.78 Å². The van der Waals surface area contributed by atoms with Crippen LogP contribution in [0.2, 0.25) is 0 Å². The third kappa shape index (κ3) is 3.20. The fourth-order valence-corrected chi connectivity index (χ4v) is 5.06. The average molecular weight is 464 g/mol. The average Bonchev–Trinajstić information content (AvgIpc) is 3.13. The van der Waals surface area contributed by atoms with Crippen molar-refractivity contribution >= 4 is 16.9 Å². The van der Waals surface area contributed by atoms with E-state index in [0.717, 1.165) is 28.5 Å². The van der Waals surface area contributed by atoms with Gasteiger partial charge < -0.3 is 19.5 Å². The second-order valence-electron chi connectivity index (χ2n) is 9.14. The third-order valence-electron chi connectivity index (χ3n) is 6.92. The topological polar surface area (TPSA) is 93.9 Å². The first kappa shape index (κ1) is 22.7. The lowest BCUT2D eigenvalue weighted by atomic mass is 9.86. The molecular weight excluding hydrogens is 434 g/mol. The maximum absolute atomic E-state index is 13.8. The number of benzene rings is 1. The van der Waals surface area contributed by atoms with Gasteiger partial charge in [0.15, 0.2) is 11.8 Å². The molecule has 0 saturated heterocycles. The number of pyridine rings is 2. The summed E-state index contributed by atoms with van der Waals surface area (Å²) in [6.07, 6.45) is 0.187. The van der Waals surface area contributed by atoms with E-state index in [1.54, 1.807) is 17.6 Å². The minimum absolute atomic E-state index is 0.0999. The van der Waals surface area contributed by atoms with Gasteiger partial charge in [0.2, 0.25) is 0 Å². The number of ether oxygens (including phenoxy) is 2. The first-order chi connectivity index (χ1) is 16.3. The van der Waals surface area contributed by atoms with Crippen molar-refractivity contribution in [1.82, 2.24) is 14.5 Å². The maximum Gasteiger partial charge on any atom is 0.343 e. The highest BCUT2D eigenvalue weighted by Gasteiger charge is 2.46. The van der Waals surface area contributed by atoms with Gasteiger partial charge in [0.05, 0.1) is 29.1 Å². The van der Waals surface area contributed by atoms with Gasteiger partial charge in [-0.2, -0.15) is 0 Å². The van der Waals surface area contributed by atoms with Crippen LogP contribution in [0.5, 0.6) is 0 Å². The quantitative estimate of drug-likeness (QED) is 0.562. The van der Waals surface area contributed by atoms with E-state index < -0.39 is 17.8 Å². The number of rotatable bonds is 6. The summed E-state index contributed by atoms with van der Waals surface area (Å²) in [4.78, 5) is 33.3. The number of hydrogen-bond donors (Lipinski definition) is 1. The molecule has 2 aliphatic rings. The van der Waals surface area contributed by atoms with Crippen LogP contribution in [0, 0.1) is 0 Å². The molecule has 2 aromatic heterocycles. The van der Waals surface area contributed by atoms with Crippen molar-refractivity contribution in [2.45, 2.75) is 45.1 Å². The molecular formula is C26H29N3O5. The second-order valence-corrected chi connectivity index (χ2v) is 9.14. The Balaban J connectivity index is 1.81. The lowest BCUT2D eigenvalue weighted by Crippen LogP contribution is -2.44. The fraction of sp³-hybridized carbons (Fsp3) is 0.423. The molecule has 0 bridgehead atoms. The van der Waals surface area contributed by atoms with Crippen molar-refractivity contribution in [2.24, 2.45) is 0 Å². The number of aromatic nitrogens is 2. The molecule has 1 aromatic carbocycles. The molecule has 2 atom stereocenters. The van der Waals surface area contributed by atoms with Crippen molar-refractivity contribution in [3.63, 3.8) is 0 Å². The first-order valence-electron chi connectivity index (χ1n) is 11.7. The Morgan fingerprint density at radius 1 is 1.26 bits per heavy atom. The van der Waals surface area contributed by atoms with Gasteiger partial charge in [-0.3, -0.25) is 9.36 Å². The summed E-state index contributed by atoms with van der Waals surface area (Å²) in [5.74, 6) is -0.732. The van der Waals surface area contributed by atoms with Crippen LogP contribution >= 0.6 is 0 Å². The molecule has 0 aliphatic carbocycles. The van der Waals surface area contributed by atoms with E-state index in [-0.39, 0.29) is 24.2 Å². The summed E-state index contributed by atoms with van der Waals surface area (Å²) in [7, 11) is 3.93. The van der Waals surface area contributed by atoms with E-state index in [0.29, 0.717) is 30.1 Å². The van der Waals surface area contributed by atoms with Gasteiger partial charge in [-0.1, -0.05) is 32.0 Å². The second kappa shape index (κ2) is 8.30. The molecule has 0 saturated carbocycles. The number of carbonyl (C=O) groups excluding carboxylic acids is 1. The normalized spacial score (nSPS) is 20.9. The summed E-state index contributed by atoms with van der Waals surface area (Å²) < 4.78 is 13.2. The van der Waals surface area contributed by atoms with Crippen molar-refractivity contribution in [3.05, 3.63) is 62.9 Å². The number of carbonyl (C=O) groups is 1. The van der Waals surface area contributed by atoms with Crippen LogP contribution in [0.3, 0.4) is 0 Å². The Morgan fingerprint density at radius 3 is 2.74 bits per heavy atom. The molecule has 178 valence electrons. The molecule has 3 aromatic rings. The van der Waals surface area contributed by atoms with Crippen molar-refractivity contribution in [2.75, 3.05) is 27.2 Å². The highest BCUT2D eigenvalue weighted by molar-refractivity contribution is 5.89. The number of nitrogens with zero attached hydrogens (tertiary/aromatic N) is 3. The number of esters is 1. The highest BCUT2D eigenvalue weighted by Crippen LogP contribution is 2.45. The smallest absolute Gasteiger partial charge is 0.343 e. The molecule has 1 unspecified atom stereocenters. The minimum Gasteiger partial charge on any atom is -0.458 e.